The second-order valence-electron chi connectivity index (χ2n) is 6.32. The molecule has 4 nitrogen and oxygen atoms in total. The molecule has 2 N–H and O–H groups in total. The summed E-state index contributed by atoms with van der Waals surface area (Å²) in [6, 6.07) is 17.1. The number of benzene rings is 2. The summed E-state index contributed by atoms with van der Waals surface area (Å²) >= 11 is 0. The van der Waals surface area contributed by atoms with Gasteiger partial charge in [-0.15, -0.1) is 0 Å². The molecule has 0 aliphatic rings. The van der Waals surface area contributed by atoms with Crippen LogP contribution >= 0.6 is 0 Å². The van der Waals surface area contributed by atoms with E-state index in [2.05, 4.69) is 97.2 Å². The van der Waals surface area contributed by atoms with Gasteiger partial charge in [0.1, 0.15) is 0 Å². The van der Waals surface area contributed by atoms with Gasteiger partial charge in [-0.05, 0) is 51.5 Å². The normalized spacial score (nSPS) is 11.0. The van der Waals surface area contributed by atoms with Crippen LogP contribution in [0.2, 0.25) is 0 Å². The minimum atomic E-state index is 0.831. The van der Waals surface area contributed by atoms with Crippen LogP contribution in [0.5, 0.6) is 0 Å². The van der Waals surface area contributed by atoms with Crippen molar-refractivity contribution >= 4 is 11.4 Å². The van der Waals surface area contributed by atoms with Gasteiger partial charge in [0.25, 0.3) is 0 Å². The first-order chi connectivity index (χ1) is 11.1. The summed E-state index contributed by atoms with van der Waals surface area (Å²) < 4.78 is 0. The van der Waals surface area contributed by atoms with Crippen molar-refractivity contribution in [1.29, 1.82) is 0 Å². The van der Waals surface area contributed by atoms with Gasteiger partial charge in [0, 0.05) is 17.8 Å². The molecule has 0 aliphatic carbocycles. The Labute approximate surface area is 140 Å². The van der Waals surface area contributed by atoms with Crippen molar-refractivity contribution < 1.29 is 0 Å². The molecule has 0 fully saturated rings. The zero-order chi connectivity index (χ0) is 16.7. The quantitative estimate of drug-likeness (QED) is 0.733. The molecule has 2 aromatic rings. The Kier molecular flexibility index (Phi) is 6.44. The zero-order valence-electron chi connectivity index (χ0n) is 14.6. The Morgan fingerprint density at radius 1 is 0.652 bits per heavy atom. The Balaban J connectivity index is 2.16. The lowest BCUT2D eigenvalue weighted by Gasteiger charge is -2.18. The van der Waals surface area contributed by atoms with Gasteiger partial charge < -0.3 is 10.6 Å². The monoisotopic (exact) mass is 312 g/mol. The highest BCUT2D eigenvalue weighted by Crippen LogP contribution is 2.23. The fourth-order valence-electron chi connectivity index (χ4n) is 2.39. The summed E-state index contributed by atoms with van der Waals surface area (Å²) in [6.07, 6.45) is 0.910. The molecule has 0 atom stereocenters. The van der Waals surface area contributed by atoms with Crippen molar-refractivity contribution in [3.63, 3.8) is 0 Å². The number of nitrogens with one attached hydrogen (secondary N) is 2. The molecule has 0 saturated heterocycles. The third kappa shape index (κ3) is 5.58. The largest absolute Gasteiger partial charge is 0.372 e. The first-order valence-corrected chi connectivity index (χ1v) is 7.99. The van der Waals surface area contributed by atoms with Gasteiger partial charge >= 0.3 is 0 Å². The molecule has 0 heterocycles. The van der Waals surface area contributed by atoms with Gasteiger partial charge in [-0.2, -0.15) is 0 Å². The fourth-order valence-corrected chi connectivity index (χ4v) is 2.39. The average Bonchev–Trinajstić information content (AvgIpc) is 2.53. The van der Waals surface area contributed by atoms with Crippen molar-refractivity contribution in [1.82, 2.24) is 9.80 Å². The van der Waals surface area contributed by atoms with E-state index in [1.54, 1.807) is 0 Å². The molecule has 2 rings (SSSR count). The van der Waals surface area contributed by atoms with Crippen LogP contribution in [0.15, 0.2) is 48.5 Å². The molecule has 124 valence electrons. The third-order valence-corrected chi connectivity index (χ3v) is 3.59. The van der Waals surface area contributed by atoms with E-state index >= 15 is 0 Å². The molecular formula is C19H28N4. The lowest BCUT2D eigenvalue weighted by molar-refractivity contribution is 0.440. The van der Waals surface area contributed by atoms with Gasteiger partial charge in [-0.25, -0.2) is 0 Å². The Morgan fingerprint density at radius 3 is 1.43 bits per heavy atom. The molecule has 4 heteroatoms. The molecule has 0 unspecified atom stereocenters. The molecule has 0 saturated carbocycles. The maximum Gasteiger partial charge on any atom is 0.0673 e. The van der Waals surface area contributed by atoms with Crippen molar-refractivity contribution in [3.05, 3.63) is 59.7 Å². The van der Waals surface area contributed by atoms with Crippen LogP contribution in [-0.4, -0.2) is 51.3 Å². The Morgan fingerprint density at radius 2 is 1.04 bits per heavy atom. The Bertz CT molecular complexity index is 554. The summed E-state index contributed by atoms with van der Waals surface area (Å²) in [5, 5.41) is 7.00. The minimum Gasteiger partial charge on any atom is -0.372 e. The molecule has 0 amide bonds. The lowest BCUT2D eigenvalue weighted by Crippen LogP contribution is -2.21. The van der Waals surface area contributed by atoms with Gasteiger partial charge in [-0.1, -0.05) is 36.4 Å². The average molecular weight is 312 g/mol. The van der Waals surface area contributed by atoms with Gasteiger partial charge in [0.2, 0.25) is 0 Å². The SMILES string of the molecule is CN(C)CNc1ccccc1Cc1ccccc1NCN(C)C. The highest BCUT2D eigenvalue weighted by atomic mass is 15.2. The summed E-state index contributed by atoms with van der Waals surface area (Å²) in [5.41, 5.74) is 5.02. The molecule has 0 bridgehead atoms. The topological polar surface area (TPSA) is 30.5 Å². The Hall–Kier alpha value is -2.04. The van der Waals surface area contributed by atoms with E-state index in [0.717, 1.165) is 19.8 Å². The van der Waals surface area contributed by atoms with Crippen molar-refractivity contribution in [2.24, 2.45) is 0 Å². The van der Waals surface area contributed by atoms with Crippen LogP contribution in [-0.2, 0) is 6.42 Å². The summed E-state index contributed by atoms with van der Waals surface area (Å²) in [6.45, 7) is 1.66. The lowest BCUT2D eigenvalue weighted by atomic mass is 10.0. The molecule has 2 aromatic carbocycles. The predicted molar refractivity (Wildman–Crippen MR) is 100 cm³/mol. The highest BCUT2D eigenvalue weighted by Gasteiger charge is 2.07. The van der Waals surface area contributed by atoms with Crippen LogP contribution in [0, 0.1) is 0 Å². The smallest absolute Gasteiger partial charge is 0.0673 e. The van der Waals surface area contributed by atoms with E-state index in [0.29, 0.717) is 0 Å². The predicted octanol–water partition coefficient (Wildman–Crippen LogP) is 3.14. The standard InChI is InChI=1S/C19H28N4/c1-22(2)14-20-18-11-7-5-9-16(18)13-17-10-6-8-12-19(17)21-15-23(3)4/h5-12,20-21H,13-15H2,1-4H3. The van der Waals surface area contributed by atoms with Crippen molar-refractivity contribution in [3.8, 4) is 0 Å². The number of anilines is 2. The number of hydrogen-bond donors (Lipinski definition) is 2. The summed E-state index contributed by atoms with van der Waals surface area (Å²) in [7, 11) is 8.26. The van der Waals surface area contributed by atoms with E-state index in [4.69, 9.17) is 0 Å². The number of para-hydroxylation sites is 2. The van der Waals surface area contributed by atoms with E-state index in [1.807, 2.05) is 0 Å². The molecule has 0 aliphatic heterocycles. The van der Waals surface area contributed by atoms with E-state index in [9.17, 15) is 0 Å². The second kappa shape index (κ2) is 8.56. The van der Waals surface area contributed by atoms with E-state index in [-0.39, 0.29) is 0 Å². The number of nitrogens with zero attached hydrogens (tertiary/aromatic N) is 2. The number of hydrogen-bond acceptors (Lipinski definition) is 4. The maximum absolute atomic E-state index is 3.50. The van der Waals surface area contributed by atoms with E-state index in [1.165, 1.54) is 22.5 Å². The van der Waals surface area contributed by atoms with Crippen LogP contribution in [0.25, 0.3) is 0 Å². The molecule has 0 aromatic heterocycles. The minimum absolute atomic E-state index is 0.831. The van der Waals surface area contributed by atoms with Gasteiger partial charge in [0.05, 0.1) is 13.3 Å². The highest BCUT2D eigenvalue weighted by molar-refractivity contribution is 5.58. The summed E-state index contributed by atoms with van der Waals surface area (Å²) in [5.74, 6) is 0. The van der Waals surface area contributed by atoms with Crippen molar-refractivity contribution in [2.75, 3.05) is 52.2 Å². The van der Waals surface area contributed by atoms with Gasteiger partial charge in [0.15, 0.2) is 0 Å². The van der Waals surface area contributed by atoms with Crippen LogP contribution in [0.3, 0.4) is 0 Å². The van der Waals surface area contributed by atoms with Crippen LogP contribution in [0.1, 0.15) is 11.1 Å². The second-order valence-corrected chi connectivity index (χ2v) is 6.32. The third-order valence-electron chi connectivity index (χ3n) is 3.59. The van der Waals surface area contributed by atoms with Crippen molar-refractivity contribution in [2.45, 2.75) is 6.42 Å². The zero-order valence-corrected chi connectivity index (χ0v) is 14.6. The first-order valence-electron chi connectivity index (χ1n) is 7.99. The van der Waals surface area contributed by atoms with Crippen LogP contribution < -0.4 is 10.6 Å². The first kappa shape index (κ1) is 17.3. The molecule has 0 radical (unpaired) electrons. The van der Waals surface area contributed by atoms with E-state index < -0.39 is 0 Å². The summed E-state index contributed by atoms with van der Waals surface area (Å²) in [4.78, 5) is 4.26. The molecule has 23 heavy (non-hydrogen) atoms. The van der Waals surface area contributed by atoms with Gasteiger partial charge in [-0.3, -0.25) is 9.80 Å². The van der Waals surface area contributed by atoms with Crippen LogP contribution in [0.4, 0.5) is 11.4 Å². The fraction of sp³-hybridized carbons (Fsp3) is 0.368. The number of rotatable bonds is 8. The molecule has 0 spiro atoms. The maximum atomic E-state index is 3.50. The molecular weight excluding hydrogens is 284 g/mol.